The number of benzene rings is 1. The minimum atomic E-state index is -0.510. The molecule has 0 aliphatic carbocycles. The number of hydrogen-bond acceptors (Lipinski definition) is 4. The van der Waals surface area contributed by atoms with Gasteiger partial charge in [-0.3, -0.25) is 0 Å². The van der Waals surface area contributed by atoms with E-state index in [1.54, 1.807) is 6.07 Å². The molecule has 3 aromatic rings. The van der Waals surface area contributed by atoms with E-state index in [4.69, 9.17) is 5.73 Å². The van der Waals surface area contributed by atoms with Crippen molar-refractivity contribution >= 4 is 33.4 Å². The van der Waals surface area contributed by atoms with Gasteiger partial charge in [0, 0.05) is 23.4 Å². The third kappa shape index (κ3) is 3.28. The molecule has 108 valence electrons. The number of aryl methyl sites for hydroxylation is 1. The quantitative estimate of drug-likeness (QED) is 0.681. The van der Waals surface area contributed by atoms with Crippen molar-refractivity contribution in [1.82, 2.24) is 9.97 Å². The minimum absolute atomic E-state index is 0. The molecule has 0 aliphatic heterocycles. The smallest absolute Gasteiger partial charge is 0.213 e. The first-order chi connectivity index (χ1) is 9.63. The van der Waals surface area contributed by atoms with Gasteiger partial charge < -0.3 is 5.73 Å². The zero-order valence-electron chi connectivity index (χ0n) is 11.2. The van der Waals surface area contributed by atoms with E-state index in [9.17, 15) is 4.39 Å². The second-order valence-electron chi connectivity index (χ2n) is 4.47. The molecule has 0 amide bonds. The highest BCUT2D eigenvalue weighted by Gasteiger charge is 2.14. The zero-order valence-corrected chi connectivity index (χ0v) is 13.7. The van der Waals surface area contributed by atoms with E-state index in [0.29, 0.717) is 5.13 Å². The Labute approximate surface area is 136 Å². The Morgan fingerprint density at radius 1 is 1.14 bits per heavy atom. The highest BCUT2D eigenvalue weighted by atomic mass is 79.9. The van der Waals surface area contributed by atoms with Crippen LogP contribution in [-0.2, 0) is 0 Å². The summed E-state index contributed by atoms with van der Waals surface area (Å²) in [5, 5.41) is 0.466. The normalized spacial score (nSPS) is 10.2. The summed E-state index contributed by atoms with van der Waals surface area (Å²) in [5.41, 5.74) is 9.46. The maximum Gasteiger partial charge on any atom is 0.213 e. The molecule has 0 saturated carbocycles. The molecule has 0 radical (unpaired) electrons. The van der Waals surface area contributed by atoms with Gasteiger partial charge in [0.15, 0.2) is 5.13 Å². The molecule has 0 saturated heterocycles. The van der Waals surface area contributed by atoms with Crippen LogP contribution in [0.3, 0.4) is 0 Å². The van der Waals surface area contributed by atoms with Crippen LogP contribution in [0.25, 0.3) is 21.7 Å². The molecule has 3 rings (SSSR count). The number of hydrogen-bond donors (Lipinski definition) is 1. The fourth-order valence-electron chi connectivity index (χ4n) is 2.06. The van der Waals surface area contributed by atoms with Crippen LogP contribution in [0.1, 0.15) is 5.56 Å². The van der Waals surface area contributed by atoms with Crippen LogP contribution in [0, 0.1) is 12.9 Å². The zero-order chi connectivity index (χ0) is 14.1. The average Bonchev–Trinajstić information content (AvgIpc) is 2.81. The third-order valence-corrected chi connectivity index (χ3v) is 3.86. The Kier molecular flexibility index (Phi) is 4.69. The Bertz CT molecular complexity index is 710. The monoisotopic (exact) mass is 365 g/mol. The Morgan fingerprint density at radius 3 is 2.67 bits per heavy atom. The van der Waals surface area contributed by atoms with E-state index in [1.807, 2.05) is 31.2 Å². The maximum atomic E-state index is 13.3. The van der Waals surface area contributed by atoms with Gasteiger partial charge in [-0.25, -0.2) is 9.97 Å². The second-order valence-corrected chi connectivity index (χ2v) is 5.50. The van der Waals surface area contributed by atoms with Crippen LogP contribution in [0.2, 0.25) is 0 Å². The van der Waals surface area contributed by atoms with E-state index in [0.717, 1.165) is 27.3 Å². The van der Waals surface area contributed by atoms with Gasteiger partial charge in [0.25, 0.3) is 0 Å². The molecule has 2 heterocycles. The standard InChI is InChI=1S/C15H12FN3S.BrH/c1-9-3-2-4-10(7-9)13-14(20-15(17)19-13)11-5-6-18-12(16)8-11;/h2-8H,1H3,(H2,17,19);1H. The van der Waals surface area contributed by atoms with E-state index in [2.05, 4.69) is 9.97 Å². The number of pyridine rings is 1. The number of aromatic nitrogens is 2. The molecule has 0 aliphatic rings. The van der Waals surface area contributed by atoms with Crippen molar-refractivity contribution < 1.29 is 4.39 Å². The molecule has 0 unspecified atom stereocenters. The van der Waals surface area contributed by atoms with Gasteiger partial charge in [0.05, 0.1) is 10.6 Å². The van der Waals surface area contributed by atoms with Crippen molar-refractivity contribution in [3.8, 4) is 21.7 Å². The van der Waals surface area contributed by atoms with Gasteiger partial charge in [-0.05, 0) is 19.1 Å². The lowest BCUT2D eigenvalue weighted by atomic mass is 10.1. The summed E-state index contributed by atoms with van der Waals surface area (Å²) in [4.78, 5) is 8.81. The first-order valence-electron chi connectivity index (χ1n) is 6.09. The Morgan fingerprint density at radius 2 is 1.95 bits per heavy atom. The van der Waals surface area contributed by atoms with Crippen molar-refractivity contribution in [2.24, 2.45) is 0 Å². The summed E-state index contributed by atoms with van der Waals surface area (Å²) in [6.07, 6.45) is 1.45. The van der Waals surface area contributed by atoms with E-state index in [1.165, 1.54) is 23.6 Å². The van der Waals surface area contributed by atoms with E-state index >= 15 is 0 Å². The lowest BCUT2D eigenvalue weighted by Gasteiger charge is -2.03. The molecule has 6 heteroatoms. The van der Waals surface area contributed by atoms with Gasteiger partial charge in [0.2, 0.25) is 5.95 Å². The summed E-state index contributed by atoms with van der Waals surface area (Å²) in [6.45, 7) is 2.02. The summed E-state index contributed by atoms with van der Waals surface area (Å²) >= 11 is 1.35. The van der Waals surface area contributed by atoms with Gasteiger partial charge in [-0.1, -0.05) is 35.1 Å². The van der Waals surface area contributed by atoms with Gasteiger partial charge in [-0.15, -0.1) is 17.0 Å². The fourth-order valence-corrected chi connectivity index (χ4v) is 2.92. The number of halogens is 2. The van der Waals surface area contributed by atoms with Crippen LogP contribution in [0.15, 0.2) is 42.6 Å². The van der Waals surface area contributed by atoms with Crippen LogP contribution < -0.4 is 5.73 Å². The van der Waals surface area contributed by atoms with Gasteiger partial charge in [-0.2, -0.15) is 4.39 Å². The maximum absolute atomic E-state index is 13.3. The van der Waals surface area contributed by atoms with Crippen LogP contribution >= 0.6 is 28.3 Å². The average molecular weight is 366 g/mol. The van der Waals surface area contributed by atoms with E-state index in [-0.39, 0.29) is 17.0 Å². The van der Waals surface area contributed by atoms with Crippen molar-refractivity contribution in [2.45, 2.75) is 6.92 Å². The fraction of sp³-hybridized carbons (Fsp3) is 0.0667. The summed E-state index contributed by atoms with van der Waals surface area (Å²) in [5.74, 6) is -0.510. The van der Waals surface area contributed by atoms with Crippen LogP contribution in [0.4, 0.5) is 9.52 Å². The number of thiazole rings is 1. The minimum Gasteiger partial charge on any atom is -0.375 e. The first-order valence-corrected chi connectivity index (χ1v) is 6.90. The number of nitrogen functional groups attached to an aromatic ring is 1. The molecule has 2 N–H and O–H groups in total. The highest BCUT2D eigenvalue weighted by Crippen LogP contribution is 2.38. The lowest BCUT2D eigenvalue weighted by Crippen LogP contribution is -1.86. The van der Waals surface area contributed by atoms with Gasteiger partial charge >= 0.3 is 0 Å². The predicted octanol–water partition coefficient (Wildman–Crippen LogP) is 4.48. The number of anilines is 1. The number of nitrogens with two attached hydrogens (primary N) is 1. The Hall–Kier alpha value is -1.79. The van der Waals surface area contributed by atoms with E-state index < -0.39 is 5.95 Å². The van der Waals surface area contributed by atoms with Gasteiger partial charge in [0.1, 0.15) is 0 Å². The van der Waals surface area contributed by atoms with Crippen molar-refractivity contribution in [3.05, 3.63) is 54.1 Å². The molecular weight excluding hydrogens is 353 g/mol. The molecule has 2 aromatic heterocycles. The molecule has 3 nitrogen and oxygen atoms in total. The summed E-state index contributed by atoms with van der Waals surface area (Å²) in [6, 6.07) is 11.2. The molecule has 21 heavy (non-hydrogen) atoms. The second kappa shape index (κ2) is 6.32. The lowest BCUT2D eigenvalue weighted by molar-refractivity contribution is 0.584. The first kappa shape index (κ1) is 15.6. The summed E-state index contributed by atoms with van der Waals surface area (Å²) in [7, 11) is 0. The van der Waals surface area contributed by atoms with Crippen molar-refractivity contribution in [1.29, 1.82) is 0 Å². The molecule has 0 spiro atoms. The van der Waals surface area contributed by atoms with Crippen molar-refractivity contribution in [3.63, 3.8) is 0 Å². The number of rotatable bonds is 2. The molecular formula is C15H13BrFN3S. The summed E-state index contributed by atoms with van der Waals surface area (Å²) < 4.78 is 13.3. The van der Waals surface area contributed by atoms with Crippen molar-refractivity contribution in [2.75, 3.05) is 5.73 Å². The molecule has 0 atom stereocenters. The number of nitrogens with zero attached hydrogens (tertiary/aromatic N) is 2. The largest absolute Gasteiger partial charge is 0.375 e. The SMILES string of the molecule is Br.Cc1cccc(-c2nc(N)sc2-c2ccnc(F)c2)c1. The van der Waals surface area contributed by atoms with Crippen LogP contribution in [0.5, 0.6) is 0 Å². The Balaban J connectivity index is 0.00000161. The molecule has 0 bridgehead atoms. The molecule has 1 aromatic carbocycles. The third-order valence-electron chi connectivity index (χ3n) is 2.92. The molecule has 0 fully saturated rings. The predicted molar refractivity (Wildman–Crippen MR) is 90.2 cm³/mol. The topological polar surface area (TPSA) is 51.8 Å². The highest BCUT2D eigenvalue weighted by molar-refractivity contribution is 8.93. The van der Waals surface area contributed by atoms with Crippen LogP contribution in [-0.4, -0.2) is 9.97 Å².